The monoisotopic (exact) mass is 346 g/mol. The van der Waals surface area contributed by atoms with Crippen LogP contribution in [0.5, 0.6) is 0 Å². The number of halogens is 3. The van der Waals surface area contributed by atoms with Crippen molar-refractivity contribution in [2.75, 3.05) is 37.7 Å². The standard InChI is InChI=1S/C15H21F3N4O2/c1-11-7-13(20-10-19-11)21-4-2-3-12(8-21)14(24)22(5-6-23)9-15(16,17)18/h7,10,12,23H,2-6,8-9H2,1H3/t12-/m1/s1. The third-order valence-corrected chi connectivity index (χ3v) is 3.94. The van der Waals surface area contributed by atoms with Crippen LogP contribution in [-0.4, -0.2) is 64.8 Å². The van der Waals surface area contributed by atoms with E-state index in [9.17, 15) is 18.0 Å². The number of piperidine rings is 1. The second-order valence-electron chi connectivity index (χ2n) is 5.90. The second-order valence-corrected chi connectivity index (χ2v) is 5.90. The molecule has 1 N–H and O–H groups in total. The minimum Gasteiger partial charge on any atom is -0.395 e. The number of nitrogens with zero attached hydrogens (tertiary/aromatic N) is 4. The molecule has 0 aromatic carbocycles. The number of aliphatic hydroxyl groups is 1. The first-order valence-corrected chi connectivity index (χ1v) is 7.80. The summed E-state index contributed by atoms with van der Waals surface area (Å²) in [7, 11) is 0. The van der Waals surface area contributed by atoms with Crippen molar-refractivity contribution in [1.82, 2.24) is 14.9 Å². The number of carbonyl (C=O) groups excluding carboxylic acids is 1. The molecule has 0 radical (unpaired) electrons. The van der Waals surface area contributed by atoms with E-state index in [1.165, 1.54) is 6.33 Å². The first-order chi connectivity index (χ1) is 11.3. The van der Waals surface area contributed by atoms with E-state index in [0.29, 0.717) is 36.6 Å². The number of aryl methyl sites for hydroxylation is 1. The van der Waals surface area contributed by atoms with Gasteiger partial charge in [0.15, 0.2) is 0 Å². The van der Waals surface area contributed by atoms with Gasteiger partial charge in [-0.05, 0) is 19.8 Å². The third kappa shape index (κ3) is 5.05. The van der Waals surface area contributed by atoms with Crippen molar-refractivity contribution in [3.8, 4) is 0 Å². The summed E-state index contributed by atoms with van der Waals surface area (Å²) in [5, 5.41) is 8.95. The summed E-state index contributed by atoms with van der Waals surface area (Å²) in [6, 6.07) is 1.79. The molecule has 6 nitrogen and oxygen atoms in total. The van der Waals surface area contributed by atoms with Gasteiger partial charge in [0.25, 0.3) is 0 Å². The highest BCUT2D eigenvalue weighted by Crippen LogP contribution is 2.25. The molecule has 1 amide bonds. The molecule has 1 aliphatic heterocycles. The van der Waals surface area contributed by atoms with Crippen molar-refractivity contribution in [3.63, 3.8) is 0 Å². The van der Waals surface area contributed by atoms with Crippen LogP contribution >= 0.6 is 0 Å². The van der Waals surface area contributed by atoms with Crippen LogP contribution < -0.4 is 4.90 Å². The lowest BCUT2D eigenvalue weighted by atomic mass is 9.96. The molecule has 0 aliphatic carbocycles. The number of hydrogen-bond acceptors (Lipinski definition) is 5. The van der Waals surface area contributed by atoms with Crippen molar-refractivity contribution >= 4 is 11.7 Å². The molecular weight excluding hydrogens is 325 g/mol. The summed E-state index contributed by atoms with van der Waals surface area (Å²) in [6.07, 6.45) is -1.83. The van der Waals surface area contributed by atoms with Gasteiger partial charge in [-0.2, -0.15) is 13.2 Å². The SMILES string of the molecule is Cc1cc(N2CCC[C@@H](C(=O)N(CCO)CC(F)(F)F)C2)ncn1. The van der Waals surface area contributed by atoms with Crippen molar-refractivity contribution in [2.24, 2.45) is 5.92 Å². The highest BCUT2D eigenvalue weighted by molar-refractivity contribution is 5.79. The van der Waals surface area contributed by atoms with Crippen molar-refractivity contribution < 1.29 is 23.1 Å². The lowest BCUT2D eigenvalue weighted by molar-refractivity contribution is -0.164. The quantitative estimate of drug-likeness (QED) is 0.872. The van der Waals surface area contributed by atoms with Gasteiger partial charge in [0.1, 0.15) is 18.7 Å². The average molecular weight is 346 g/mol. The second kappa shape index (κ2) is 7.78. The minimum absolute atomic E-state index is 0.315. The third-order valence-electron chi connectivity index (χ3n) is 3.94. The molecule has 1 saturated heterocycles. The fraction of sp³-hybridized carbons (Fsp3) is 0.667. The molecule has 9 heteroatoms. The van der Waals surface area contributed by atoms with E-state index >= 15 is 0 Å². The van der Waals surface area contributed by atoms with Crippen LogP contribution in [0.4, 0.5) is 19.0 Å². The number of rotatable bonds is 5. The number of aromatic nitrogens is 2. The molecule has 1 atom stereocenters. The zero-order valence-corrected chi connectivity index (χ0v) is 13.5. The zero-order valence-electron chi connectivity index (χ0n) is 13.5. The van der Waals surface area contributed by atoms with Gasteiger partial charge in [0.2, 0.25) is 5.91 Å². The Morgan fingerprint density at radius 2 is 2.21 bits per heavy atom. The molecule has 2 heterocycles. The number of amides is 1. The average Bonchev–Trinajstić information content (AvgIpc) is 2.53. The summed E-state index contributed by atoms with van der Waals surface area (Å²) < 4.78 is 37.9. The molecule has 0 bridgehead atoms. The Labute approximate surface area is 138 Å². The molecular formula is C15H21F3N4O2. The lowest BCUT2D eigenvalue weighted by Gasteiger charge is -2.35. The Morgan fingerprint density at radius 3 is 2.83 bits per heavy atom. The highest BCUT2D eigenvalue weighted by atomic mass is 19.4. The number of aliphatic hydroxyl groups excluding tert-OH is 1. The van der Waals surface area contributed by atoms with E-state index in [0.717, 1.165) is 5.69 Å². The van der Waals surface area contributed by atoms with Crippen molar-refractivity contribution in [1.29, 1.82) is 0 Å². The van der Waals surface area contributed by atoms with Gasteiger partial charge in [-0.3, -0.25) is 4.79 Å². The van der Waals surface area contributed by atoms with Gasteiger partial charge < -0.3 is 14.9 Å². The summed E-state index contributed by atoms with van der Waals surface area (Å²) in [6.45, 7) is 0.680. The van der Waals surface area contributed by atoms with E-state index in [4.69, 9.17) is 5.11 Å². The van der Waals surface area contributed by atoms with Crippen LogP contribution in [0, 0.1) is 12.8 Å². The fourth-order valence-corrected chi connectivity index (χ4v) is 2.86. The van der Waals surface area contributed by atoms with Gasteiger partial charge in [-0.15, -0.1) is 0 Å². The number of carbonyl (C=O) groups is 1. The smallest absolute Gasteiger partial charge is 0.395 e. The van der Waals surface area contributed by atoms with Crippen LogP contribution in [-0.2, 0) is 4.79 Å². The van der Waals surface area contributed by atoms with E-state index in [-0.39, 0.29) is 6.54 Å². The number of hydrogen-bond donors (Lipinski definition) is 1. The normalized spacial score (nSPS) is 18.5. The maximum absolute atomic E-state index is 12.6. The zero-order chi connectivity index (χ0) is 17.7. The summed E-state index contributed by atoms with van der Waals surface area (Å²) in [5.41, 5.74) is 0.785. The number of anilines is 1. The highest BCUT2D eigenvalue weighted by Gasteiger charge is 2.36. The maximum Gasteiger partial charge on any atom is 0.406 e. The van der Waals surface area contributed by atoms with Crippen LogP contribution in [0.2, 0.25) is 0 Å². The van der Waals surface area contributed by atoms with Gasteiger partial charge in [-0.1, -0.05) is 0 Å². The summed E-state index contributed by atoms with van der Waals surface area (Å²) >= 11 is 0. The van der Waals surface area contributed by atoms with Gasteiger partial charge in [0, 0.05) is 31.4 Å². The lowest BCUT2D eigenvalue weighted by Crippen LogP contribution is -2.48. The molecule has 0 saturated carbocycles. The Morgan fingerprint density at radius 1 is 1.46 bits per heavy atom. The molecule has 24 heavy (non-hydrogen) atoms. The first kappa shape index (κ1) is 18.4. The van der Waals surface area contributed by atoms with Gasteiger partial charge in [0.05, 0.1) is 12.5 Å². The van der Waals surface area contributed by atoms with Gasteiger partial charge >= 0.3 is 6.18 Å². The molecule has 0 unspecified atom stereocenters. The summed E-state index contributed by atoms with van der Waals surface area (Å²) in [4.78, 5) is 23.2. The van der Waals surface area contributed by atoms with E-state index in [1.54, 1.807) is 6.07 Å². The van der Waals surface area contributed by atoms with Crippen LogP contribution in [0.3, 0.4) is 0 Å². The van der Waals surface area contributed by atoms with Crippen LogP contribution in [0.1, 0.15) is 18.5 Å². The summed E-state index contributed by atoms with van der Waals surface area (Å²) in [5.74, 6) is -0.440. The van der Waals surface area contributed by atoms with E-state index in [1.807, 2.05) is 11.8 Å². The van der Waals surface area contributed by atoms with Crippen LogP contribution in [0.15, 0.2) is 12.4 Å². The Kier molecular flexibility index (Phi) is 5.98. The predicted octanol–water partition coefficient (Wildman–Crippen LogP) is 1.38. The molecule has 1 aliphatic rings. The molecule has 1 fully saturated rings. The van der Waals surface area contributed by atoms with Crippen molar-refractivity contribution in [2.45, 2.75) is 25.9 Å². The molecule has 0 spiro atoms. The molecule has 134 valence electrons. The maximum atomic E-state index is 12.6. The molecule has 1 aromatic rings. The van der Waals surface area contributed by atoms with Crippen LogP contribution in [0.25, 0.3) is 0 Å². The number of alkyl halides is 3. The largest absolute Gasteiger partial charge is 0.406 e. The Balaban J connectivity index is 2.08. The minimum atomic E-state index is -4.48. The van der Waals surface area contributed by atoms with E-state index in [2.05, 4.69) is 9.97 Å². The topological polar surface area (TPSA) is 69.6 Å². The van der Waals surface area contributed by atoms with Crippen molar-refractivity contribution in [3.05, 3.63) is 18.1 Å². The Hall–Kier alpha value is -1.90. The van der Waals surface area contributed by atoms with Gasteiger partial charge in [-0.25, -0.2) is 9.97 Å². The predicted molar refractivity (Wildman–Crippen MR) is 81.4 cm³/mol. The first-order valence-electron chi connectivity index (χ1n) is 7.80. The molecule has 1 aromatic heterocycles. The van der Waals surface area contributed by atoms with E-state index < -0.39 is 31.2 Å². The molecule has 2 rings (SSSR count). The Bertz CT molecular complexity index is 568. The fourth-order valence-electron chi connectivity index (χ4n) is 2.86.